The van der Waals surface area contributed by atoms with Crippen LogP contribution in [0.15, 0.2) is 18.2 Å². The van der Waals surface area contributed by atoms with Gasteiger partial charge in [-0.15, -0.1) is 0 Å². The predicted molar refractivity (Wildman–Crippen MR) is 140 cm³/mol. The van der Waals surface area contributed by atoms with Crippen LogP contribution in [-0.4, -0.2) is 64.8 Å². The third kappa shape index (κ3) is 5.59. The first-order valence-electron chi connectivity index (χ1n) is 13.8. The first-order valence-corrected chi connectivity index (χ1v) is 13.8. The van der Waals surface area contributed by atoms with E-state index in [0.29, 0.717) is 36.7 Å². The molecule has 0 bridgehead atoms. The molecule has 5 rings (SSSR count). The van der Waals surface area contributed by atoms with Crippen molar-refractivity contribution in [1.29, 1.82) is 0 Å². The molecular weight excluding hydrogens is 471 g/mol. The molecule has 0 spiro atoms. The molecule has 2 atom stereocenters. The number of ketones is 1. The van der Waals surface area contributed by atoms with Gasteiger partial charge in [0.25, 0.3) is 5.91 Å². The highest BCUT2D eigenvalue weighted by atomic mass is 19.1. The Hall–Kier alpha value is -2.74. The summed E-state index contributed by atoms with van der Waals surface area (Å²) in [6.45, 7) is 8.98. The van der Waals surface area contributed by atoms with E-state index < -0.39 is 0 Å². The topological polar surface area (TPSA) is 67.7 Å². The molecule has 0 N–H and O–H groups in total. The van der Waals surface area contributed by atoms with Crippen molar-refractivity contribution in [2.45, 2.75) is 84.5 Å². The number of carbonyl (C=O) groups excluding carboxylic acids is 2. The van der Waals surface area contributed by atoms with Gasteiger partial charge in [-0.25, -0.2) is 4.39 Å². The number of piperidine rings is 1. The maximum atomic E-state index is 14.0. The lowest BCUT2D eigenvalue weighted by Crippen LogP contribution is -2.48. The average molecular weight is 511 g/mol. The molecule has 7 nitrogen and oxygen atoms in total. The molecule has 200 valence electrons. The van der Waals surface area contributed by atoms with Crippen LogP contribution in [0.4, 0.5) is 10.1 Å². The van der Waals surface area contributed by atoms with Crippen molar-refractivity contribution in [3.05, 3.63) is 46.5 Å². The normalized spacial score (nSPS) is 22.4. The number of aromatic nitrogens is 2. The second-order valence-corrected chi connectivity index (χ2v) is 11.1. The number of rotatable bonds is 7. The highest BCUT2D eigenvalue weighted by Gasteiger charge is 2.33. The molecular formula is C29H39FN4O3. The summed E-state index contributed by atoms with van der Waals surface area (Å²) in [5.41, 5.74) is 4.31. The third-order valence-corrected chi connectivity index (χ3v) is 8.27. The summed E-state index contributed by atoms with van der Waals surface area (Å²) in [6, 6.07) is 5.27. The molecule has 2 aliphatic heterocycles. The van der Waals surface area contributed by atoms with E-state index >= 15 is 0 Å². The van der Waals surface area contributed by atoms with Gasteiger partial charge in [0.05, 0.1) is 18.8 Å². The number of fused-ring (bicyclic) bond motifs is 1. The van der Waals surface area contributed by atoms with E-state index in [1.54, 1.807) is 10.7 Å². The molecule has 1 aromatic carbocycles. The van der Waals surface area contributed by atoms with E-state index in [4.69, 9.17) is 4.74 Å². The van der Waals surface area contributed by atoms with E-state index in [0.717, 1.165) is 68.6 Å². The van der Waals surface area contributed by atoms with Crippen LogP contribution in [0.1, 0.15) is 73.3 Å². The quantitative estimate of drug-likeness (QED) is 0.555. The maximum Gasteiger partial charge on any atom is 0.274 e. The van der Waals surface area contributed by atoms with Gasteiger partial charge in [-0.3, -0.25) is 14.3 Å². The van der Waals surface area contributed by atoms with E-state index in [-0.39, 0.29) is 36.3 Å². The van der Waals surface area contributed by atoms with E-state index in [1.807, 2.05) is 31.7 Å². The number of benzene rings is 1. The number of carbonyl (C=O) groups is 2. The second kappa shape index (κ2) is 10.9. The highest BCUT2D eigenvalue weighted by molar-refractivity contribution is 5.94. The lowest BCUT2D eigenvalue weighted by atomic mass is 9.91. The van der Waals surface area contributed by atoms with Crippen molar-refractivity contribution < 1.29 is 18.7 Å². The Labute approximate surface area is 218 Å². The monoisotopic (exact) mass is 510 g/mol. The van der Waals surface area contributed by atoms with Crippen LogP contribution < -0.4 is 4.90 Å². The lowest BCUT2D eigenvalue weighted by molar-refractivity contribution is -0.120. The summed E-state index contributed by atoms with van der Waals surface area (Å²) in [7, 11) is 0. The van der Waals surface area contributed by atoms with E-state index in [1.165, 1.54) is 6.07 Å². The molecule has 3 heterocycles. The molecule has 1 aromatic heterocycles. The molecule has 2 saturated heterocycles. The summed E-state index contributed by atoms with van der Waals surface area (Å²) in [6.07, 6.45) is 6.16. The Morgan fingerprint density at radius 2 is 1.84 bits per heavy atom. The first-order chi connectivity index (χ1) is 17.8. The standard InChI is InChI=1S/C29H39FN4O3/c1-19-16-33(17-20(2)37-19)29(36)28-24-6-4-9-27(24)34(31-28)18-23(35)11-10-22-12-14-32(15-13-22)26-8-5-7-25(30)21(26)3/h5,7-8,19-20,22H,4,6,9-18H2,1-3H3/t19-,20+. The Bertz CT molecular complexity index is 1140. The number of hydrogen-bond acceptors (Lipinski definition) is 5. The molecule has 2 aromatic rings. The summed E-state index contributed by atoms with van der Waals surface area (Å²) in [5, 5.41) is 4.68. The fourth-order valence-corrected chi connectivity index (χ4v) is 6.32. The minimum absolute atomic E-state index is 0.00848. The summed E-state index contributed by atoms with van der Waals surface area (Å²) in [4.78, 5) is 30.4. The van der Waals surface area contributed by atoms with Crippen molar-refractivity contribution in [3.8, 4) is 0 Å². The number of nitrogens with zero attached hydrogens (tertiary/aromatic N) is 4. The fourth-order valence-electron chi connectivity index (χ4n) is 6.32. The van der Waals surface area contributed by atoms with Crippen molar-refractivity contribution in [1.82, 2.24) is 14.7 Å². The molecule has 37 heavy (non-hydrogen) atoms. The highest BCUT2D eigenvalue weighted by Crippen LogP contribution is 2.30. The molecule has 0 unspecified atom stereocenters. The number of anilines is 1. The van der Waals surface area contributed by atoms with Crippen LogP contribution in [0.25, 0.3) is 0 Å². The summed E-state index contributed by atoms with van der Waals surface area (Å²) < 4.78 is 21.5. The van der Waals surface area contributed by atoms with Crippen molar-refractivity contribution in [2.24, 2.45) is 5.92 Å². The van der Waals surface area contributed by atoms with E-state index in [2.05, 4.69) is 10.00 Å². The van der Waals surface area contributed by atoms with Gasteiger partial charge in [-0.05, 0) is 77.3 Å². The fraction of sp³-hybridized carbons (Fsp3) is 0.621. The van der Waals surface area contributed by atoms with Gasteiger partial charge >= 0.3 is 0 Å². The lowest BCUT2D eigenvalue weighted by Gasteiger charge is -2.35. The van der Waals surface area contributed by atoms with Crippen LogP contribution in [0.2, 0.25) is 0 Å². The Balaban J connectivity index is 1.15. The number of Topliss-reactive ketones (excluding diaryl/α,β-unsaturated/α-hetero) is 1. The zero-order valence-electron chi connectivity index (χ0n) is 22.3. The van der Waals surface area contributed by atoms with Gasteiger partial charge in [0.2, 0.25) is 0 Å². The summed E-state index contributed by atoms with van der Waals surface area (Å²) >= 11 is 0. The maximum absolute atomic E-state index is 14.0. The Morgan fingerprint density at radius 3 is 2.57 bits per heavy atom. The van der Waals surface area contributed by atoms with E-state index in [9.17, 15) is 14.0 Å². The minimum atomic E-state index is -0.158. The Kier molecular flexibility index (Phi) is 7.65. The van der Waals surface area contributed by atoms with Crippen LogP contribution in [0, 0.1) is 18.7 Å². The molecule has 0 saturated carbocycles. The van der Waals surface area contributed by atoms with Crippen LogP contribution >= 0.6 is 0 Å². The van der Waals surface area contributed by atoms with Gasteiger partial charge in [0, 0.05) is 55.1 Å². The van der Waals surface area contributed by atoms with Gasteiger partial charge < -0.3 is 14.5 Å². The molecule has 0 radical (unpaired) electrons. The van der Waals surface area contributed by atoms with Crippen LogP contribution in [0.5, 0.6) is 0 Å². The van der Waals surface area contributed by atoms with Crippen molar-refractivity contribution in [2.75, 3.05) is 31.1 Å². The zero-order valence-corrected chi connectivity index (χ0v) is 22.3. The average Bonchev–Trinajstić information content (AvgIpc) is 3.48. The Morgan fingerprint density at radius 1 is 1.11 bits per heavy atom. The number of amides is 1. The van der Waals surface area contributed by atoms with Gasteiger partial charge in [0.1, 0.15) is 5.82 Å². The van der Waals surface area contributed by atoms with Gasteiger partial charge in [-0.1, -0.05) is 6.07 Å². The third-order valence-electron chi connectivity index (χ3n) is 8.27. The smallest absolute Gasteiger partial charge is 0.274 e. The molecule has 1 amide bonds. The number of morpholine rings is 1. The molecule has 8 heteroatoms. The number of ether oxygens (including phenoxy) is 1. The SMILES string of the molecule is Cc1c(F)cccc1N1CCC(CCC(=O)Cn2nc(C(=O)N3C[C@@H](C)O[C@@H](C)C3)c3c2CCC3)CC1. The van der Waals surface area contributed by atoms with Gasteiger partial charge in [0.15, 0.2) is 11.5 Å². The number of hydrogen-bond donors (Lipinski definition) is 0. The van der Waals surface area contributed by atoms with Crippen molar-refractivity contribution in [3.63, 3.8) is 0 Å². The largest absolute Gasteiger partial charge is 0.372 e. The second-order valence-electron chi connectivity index (χ2n) is 11.1. The zero-order chi connectivity index (χ0) is 26.1. The van der Waals surface area contributed by atoms with Crippen molar-refractivity contribution >= 4 is 17.4 Å². The number of halogens is 1. The molecule has 3 aliphatic rings. The predicted octanol–water partition coefficient (Wildman–Crippen LogP) is 4.33. The molecule has 1 aliphatic carbocycles. The summed E-state index contributed by atoms with van der Waals surface area (Å²) in [5.74, 6) is 0.481. The minimum Gasteiger partial charge on any atom is -0.372 e. The van der Waals surface area contributed by atoms with Gasteiger partial charge in [-0.2, -0.15) is 5.10 Å². The van der Waals surface area contributed by atoms with Crippen LogP contribution in [-0.2, 0) is 28.9 Å². The molecule has 2 fully saturated rings. The first kappa shape index (κ1) is 25.9. The van der Waals surface area contributed by atoms with Crippen LogP contribution in [0.3, 0.4) is 0 Å².